The highest BCUT2D eigenvalue weighted by Crippen LogP contribution is 2.25. The maximum Gasteiger partial charge on any atom is 0.0318 e. The van der Waals surface area contributed by atoms with Crippen LogP contribution in [0.4, 0.5) is 0 Å². The van der Waals surface area contributed by atoms with Crippen molar-refractivity contribution in [3.05, 3.63) is 39.0 Å². The standard InChI is InChI=1S/C14H15I/c1-5-11-10-13(14(2,3)4)7-6-12(11)8-9-15/h1,6-10H,2-4H3. The van der Waals surface area contributed by atoms with E-state index in [1.54, 1.807) is 0 Å². The summed E-state index contributed by atoms with van der Waals surface area (Å²) in [5.74, 6) is 2.74. The number of halogens is 1. The van der Waals surface area contributed by atoms with Crippen LogP contribution in [0.3, 0.4) is 0 Å². The number of benzene rings is 1. The fourth-order valence-electron chi connectivity index (χ4n) is 1.36. The summed E-state index contributed by atoms with van der Waals surface area (Å²) >= 11 is 2.20. The van der Waals surface area contributed by atoms with E-state index in [2.05, 4.69) is 67.5 Å². The first kappa shape index (κ1) is 12.3. The van der Waals surface area contributed by atoms with Crippen LogP contribution in [-0.2, 0) is 5.41 Å². The van der Waals surface area contributed by atoms with E-state index in [-0.39, 0.29) is 5.41 Å². The Morgan fingerprint density at radius 2 is 2.00 bits per heavy atom. The van der Waals surface area contributed by atoms with Crippen molar-refractivity contribution in [3.63, 3.8) is 0 Å². The zero-order valence-electron chi connectivity index (χ0n) is 9.34. The Bertz CT molecular complexity index is 414. The summed E-state index contributed by atoms with van der Waals surface area (Å²) in [7, 11) is 0. The van der Waals surface area contributed by atoms with Gasteiger partial charge in [-0.3, -0.25) is 0 Å². The third kappa shape index (κ3) is 3.10. The molecule has 1 heteroatoms. The smallest absolute Gasteiger partial charge is 0.0318 e. The highest BCUT2D eigenvalue weighted by atomic mass is 127. The van der Waals surface area contributed by atoms with E-state index < -0.39 is 0 Å². The lowest BCUT2D eigenvalue weighted by atomic mass is 9.85. The van der Waals surface area contributed by atoms with Crippen LogP contribution in [-0.4, -0.2) is 0 Å². The molecule has 0 spiro atoms. The van der Waals surface area contributed by atoms with Crippen molar-refractivity contribution in [2.45, 2.75) is 26.2 Å². The molecule has 15 heavy (non-hydrogen) atoms. The molecule has 0 N–H and O–H groups in total. The van der Waals surface area contributed by atoms with Crippen LogP contribution >= 0.6 is 22.6 Å². The molecule has 1 aromatic carbocycles. The molecular weight excluding hydrogens is 295 g/mol. The Labute approximate surface area is 106 Å². The van der Waals surface area contributed by atoms with Crippen molar-refractivity contribution in [2.24, 2.45) is 0 Å². The van der Waals surface area contributed by atoms with E-state index in [0.717, 1.165) is 11.1 Å². The molecule has 0 saturated carbocycles. The van der Waals surface area contributed by atoms with Gasteiger partial charge in [0.15, 0.2) is 0 Å². The third-order valence-electron chi connectivity index (χ3n) is 2.32. The molecule has 0 saturated heterocycles. The van der Waals surface area contributed by atoms with Gasteiger partial charge in [-0.05, 0) is 32.8 Å². The highest BCUT2D eigenvalue weighted by molar-refractivity contribution is 14.1. The number of rotatable bonds is 1. The lowest BCUT2D eigenvalue weighted by Gasteiger charge is -2.19. The van der Waals surface area contributed by atoms with Gasteiger partial charge in [-0.25, -0.2) is 0 Å². The van der Waals surface area contributed by atoms with Gasteiger partial charge in [0.25, 0.3) is 0 Å². The maximum atomic E-state index is 5.51. The summed E-state index contributed by atoms with van der Waals surface area (Å²) in [4.78, 5) is 0. The Kier molecular flexibility index (Phi) is 3.98. The Morgan fingerprint density at radius 1 is 1.33 bits per heavy atom. The second-order valence-corrected chi connectivity index (χ2v) is 5.21. The molecule has 0 unspecified atom stereocenters. The Balaban J connectivity index is 3.27. The highest BCUT2D eigenvalue weighted by Gasteiger charge is 2.14. The van der Waals surface area contributed by atoms with E-state index in [1.807, 2.05) is 10.2 Å². The zero-order chi connectivity index (χ0) is 11.5. The molecule has 0 fully saturated rings. The van der Waals surface area contributed by atoms with E-state index in [1.165, 1.54) is 5.56 Å². The SMILES string of the molecule is C#Cc1cc(C(C)(C)C)ccc1C=CI. The van der Waals surface area contributed by atoms with E-state index in [9.17, 15) is 0 Å². The largest absolute Gasteiger partial charge is 0.115 e. The quantitative estimate of drug-likeness (QED) is 0.534. The summed E-state index contributed by atoms with van der Waals surface area (Å²) in [6.07, 6.45) is 7.54. The topological polar surface area (TPSA) is 0 Å². The average Bonchev–Trinajstić information content (AvgIpc) is 2.17. The molecule has 0 bridgehead atoms. The first-order valence-corrected chi connectivity index (χ1v) is 6.11. The van der Waals surface area contributed by atoms with Crippen molar-refractivity contribution in [1.29, 1.82) is 0 Å². The first-order chi connectivity index (χ1) is 6.99. The van der Waals surface area contributed by atoms with Crippen molar-refractivity contribution < 1.29 is 0 Å². The minimum absolute atomic E-state index is 0.151. The van der Waals surface area contributed by atoms with Crippen LogP contribution in [0.5, 0.6) is 0 Å². The molecule has 0 aliphatic carbocycles. The van der Waals surface area contributed by atoms with Gasteiger partial charge in [-0.1, -0.05) is 61.4 Å². The van der Waals surface area contributed by atoms with Gasteiger partial charge in [-0.2, -0.15) is 0 Å². The number of terminal acetylenes is 1. The first-order valence-electron chi connectivity index (χ1n) is 4.87. The Morgan fingerprint density at radius 3 is 2.47 bits per heavy atom. The van der Waals surface area contributed by atoms with Gasteiger partial charge in [0.05, 0.1) is 0 Å². The summed E-state index contributed by atoms with van der Waals surface area (Å²) in [5.41, 5.74) is 3.51. The second-order valence-electron chi connectivity index (χ2n) is 4.49. The summed E-state index contributed by atoms with van der Waals surface area (Å²) < 4.78 is 1.98. The lowest BCUT2D eigenvalue weighted by molar-refractivity contribution is 0.590. The lowest BCUT2D eigenvalue weighted by Crippen LogP contribution is -2.11. The van der Waals surface area contributed by atoms with Gasteiger partial charge >= 0.3 is 0 Å². The molecule has 0 aliphatic heterocycles. The van der Waals surface area contributed by atoms with Crippen LogP contribution in [0.15, 0.2) is 22.3 Å². The molecule has 1 rings (SSSR count). The van der Waals surface area contributed by atoms with Crippen molar-refractivity contribution in [2.75, 3.05) is 0 Å². The molecule has 0 nitrogen and oxygen atoms in total. The molecule has 0 aromatic heterocycles. The predicted molar refractivity (Wildman–Crippen MR) is 76.1 cm³/mol. The summed E-state index contributed by atoms with van der Waals surface area (Å²) in [6.45, 7) is 6.57. The molecule has 78 valence electrons. The molecule has 0 heterocycles. The number of hydrogen-bond acceptors (Lipinski definition) is 0. The van der Waals surface area contributed by atoms with Crippen LogP contribution in [0, 0.1) is 12.3 Å². The normalized spacial score (nSPS) is 11.7. The number of hydrogen-bond donors (Lipinski definition) is 0. The van der Waals surface area contributed by atoms with E-state index in [4.69, 9.17) is 6.42 Å². The fraction of sp³-hybridized carbons (Fsp3) is 0.286. The van der Waals surface area contributed by atoms with Crippen molar-refractivity contribution in [3.8, 4) is 12.3 Å². The van der Waals surface area contributed by atoms with Gasteiger partial charge in [0, 0.05) is 5.56 Å². The molecule has 0 amide bonds. The van der Waals surface area contributed by atoms with E-state index in [0.29, 0.717) is 0 Å². The van der Waals surface area contributed by atoms with Crippen LogP contribution in [0.25, 0.3) is 6.08 Å². The molecule has 0 aliphatic rings. The molecule has 0 radical (unpaired) electrons. The van der Waals surface area contributed by atoms with E-state index >= 15 is 0 Å². The minimum atomic E-state index is 0.151. The fourth-order valence-corrected chi connectivity index (χ4v) is 1.75. The maximum absolute atomic E-state index is 5.51. The minimum Gasteiger partial charge on any atom is -0.115 e. The van der Waals surface area contributed by atoms with Gasteiger partial charge in [0.2, 0.25) is 0 Å². The van der Waals surface area contributed by atoms with Gasteiger partial charge < -0.3 is 0 Å². The average molecular weight is 310 g/mol. The van der Waals surface area contributed by atoms with Crippen LogP contribution < -0.4 is 0 Å². The monoisotopic (exact) mass is 310 g/mol. The third-order valence-corrected chi connectivity index (χ3v) is 2.68. The van der Waals surface area contributed by atoms with Gasteiger partial charge in [-0.15, -0.1) is 6.42 Å². The summed E-state index contributed by atoms with van der Waals surface area (Å²) in [5, 5.41) is 0. The predicted octanol–water partition coefficient (Wildman–Crippen LogP) is 4.37. The van der Waals surface area contributed by atoms with Crippen LogP contribution in [0.1, 0.15) is 37.5 Å². The van der Waals surface area contributed by atoms with Crippen molar-refractivity contribution >= 4 is 28.7 Å². The van der Waals surface area contributed by atoms with Gasteiger partial charge in [0.1, 0.15) is 0 Å². The molecule has 0 atom stereocenters. The summed E-state index contributed by atoms with van der Waals surface area (Å²) in [6, 6.07) is 6.34. The van der Waals surface area contributed by atoms with Crippen molar-refractivity contribution in [1.82, 2.24) is 0 Å². The Hall–Kier alpha value is -0.750. The molecular formula is C14H15I. The molecule has 1 aromatic rings. The van der Waals surface area contributed by atoms with Crippen LogP contribution in [0.2, 0.25) is 0 Å². The zero-order valence-corrected chi connectivity index (χ0v) is 11.5. The second kappa shape index (κ2) is 4.85.